The van der Waals surface area contributed by atoms with E-state index >= 15 is 0 Å². The average Bonchev–Trinajstić information content (AvgIpc) is 3.12. The minimum Gasteiger partial charge on any atom is -0.493 e. The van der Waals surface area contributed by atoms with Crippen molar-refractivity contribution in [1.29, 1.82) is 0 Å². The van der Waals surface area contributed by atoms with Crippen molar-refractivity contribution < 1.29 is 19.0 Å². The third-order valence-electron chi connectivity index (χ3n) is 5.26. The summed E-state index contributed by atoms with van der Waals surface area (Å²) in [6, 6.07) is 11.8. The number of hydrogen-bond donors (Lipinski definition) is 1. The van der Waals surface area contributed by atoms with Gasteiger partial charge in [0.1, 0.15) is 17.6 Å². The summed E-state index contributed by atoms with van der Waals surface area (Å²) < 4.78 is 17.1. The molecule has 158 valence electrons. The van der Waals surface area contributed by atoms with E-state index in [0.29, 0.717) is 19.8 Å². The Balaban J connectivity index is 1.50. The Morgan fingerprint density at radius 2 is 2.07 bits per heavy atom. The number of amides is 1. The molecule has 0 aliphatic carbocycles. The Morgan fingerprint density at radius 3 is 2.87 bits per heavy atom. The summed E-state index contributed by atoms with van der Waals surface area (Å²) in [6.07, 6.45) is 4.36. The number of fused-ring (bicyclic) bond motifs is 1. The fraction of sp³-hybridized carbons (Fsp3) is 0.375. The molecule has 1 fully saturated rings. The van der Waals surface area contributed by atoms with Crippen LogP contribution in [-0.4, -0.2) is 44.9 Å². The van der Waals surface area contributed by atoms with Gasteiger partial charge in [0.05, 0.1) is 31.2 Å². The van der Waals surface area contributed by atoms with Gasteiger partial charge in [0.15, 0.2) is 0 Å². The molecule has 2 aromatic carbocycles. The van der Waals surface area contributed by atoms with Gasteiger partial charge in [-0.1, -0.05) is 12.1 Å². The van der Waals surface area contributed by atoms with Crippen LogP contribution in [0.5, 0.6) is 11.5 Å². The second kappa shape index (κ2) is 9.22. The Morgan fingerprint density at radius 1 is 1.27 bits per heavy atom. The molecule has 1 unspecified atom stereocenters. The van der Waals surface area contributed by atoms with E-state index in [1.165, 1.54) is 0 Å². The SMILES string of the molecule is CCOc1cc2c(cc1C=CC(=O)Nc1ccccc1N1CCOCC1)OC(C)C2. The molecule has 4 rings (SSSR count). The van der Waals surface area contributed by atoms with Crippen molar-refractivity contribution in [2.24, 2.45) is 0 Å². The number of benzene rings is 2. The normalized spacial score (nSPS) is 18.2. The van der Waals surface area contributed by atoms with Gasteiger partial charge in [0, 0.05) is 36.7 Å². The Hall–Kier alpha value is -2.99. The van der Waals surface area contributed by atoms with Crippen molar-refractivity contribution in [1.82, 2.24) is 0 Å². The lowest BCUT2D eigenvalue weighted by atomic mass is 10.1. The van der Waals surface area contributed by atoms with Crippen LogP contribution in [0.15, 0.2) is 42.5 Å². The number of carbonyl (C=O) groups excluding carboxylic acids is 1. The van der Waals surface area contributed by atoms with Crippen LogP contribution in [0.1, 0.15) is 25.0 Å². The number of ether oxygens (including phenoxy) is 3. The minimum atomic E-state index is -0.187. The van der Waals surface area contributed by atoms with Gasteiger partial charge < -0.3 is 24.4 Å². The monoisotopic (exact) mass is 408 g/mol. The van der Waals surface area contributed by atoms with E-state index < -0.39 is 0 Å². The molecule has 2 aromatic rings. The zero-order valence-corrected chi connectivity index (χ0v) is 17.5. The Bertz CT molecular complexity index is 935. The van der Waals surface area contributed by atoms with Gasteiger partial charge in [-0.15, -0.1) is 0 Å². The first-order chi connectivity index (χ1) is 14.6. The fourth-order valence-corrected chi connectivity index (χ4v) is 3.87. The summed E-state index contributed by atoms with van der Waals surface area (Å²) in [5.41, 5.74) is 3.79. The minimum absolute atomic E-state index is 0.161. The van der Waals surface area contributed by atoms with Crippen molar-refractivity contribution in [3.63, 3.8) is 0 Å². The number of morpholine rings is 1. The molecule has 2 aliphatic rings. The maximum atomic E-state index is 12.7. The van der Waals surface area contributed by atoms with Gasteiger partial charge in [-0.05, 0) is 44.2 Å². The molecule has 6 nitrogen and oxygen atoms in total. The Kier molecular flexibility index (Phi) is 6.23. The van der Waals surface area contributed by atoms with Crippen molar-refractivity contribution in [2.45, 2.75) is 26.4 Å². The van der Waals surface area contributed by atoms with Crippen LogP contribution < -0.4 is 19.7 Å². The molecule has 0 saturated carbocycles. The number of rotatable bonds is 6. The molecule has 0 spiro atoms. The van der Waals surface area contributed by atoms with Crippen molar-refractivity contribution in [2.75, 3.05) is 43.1 Å². The van der Waals surface area contributed by atoms with Gasteiger partial charge in [0.2, 0.25) is 5.91 Å². The first-order valence-electron chi connectivity index (χ1n) is 10.5. The number of nitrogens with zero attached hydrogens (tertiary/aromatic N) is 1. The number of nitrogens with one attached hydrogen (secondary N) is 1. The highest BCUT2D eigenvalue weighted by molar-refractivity contribution is 6.04. The molecule has 0 radical (unpaired) electrons. The summed E-state index contributed by atoms with van der Waals surface area (Å²) in [7, 11) is 0. The summed E-state index contributed by atoms with van der Waals surface area (Å²) in [4.78, 5) is 14.9. The Labute approximate surface area is 177 Å². The molecule has 6 heteroatoms. The van der Waals surface area contributed by atoms with Gasteiger partial charge in [-0.3, -0.25) is 4.79 Å². The summed E-state index contributed by atoms with van der Waals surface area (Å²) in [5, 5.41) is 3.01. The summed E-state index contributed by atoms with van der Waals surface area (Å²) >= 11 is 0. The lowest BCUT2D eigenvalue weighted by Crippen LogP contribution is -2.36. The highest BCUT2D eigenvalue weighted by Gasteiger charge is 2.21. The third kappa shape index (κ3) is 4.60. The average molecular weight is 408 g/mol. The molecular formula is C24H28N2O4. The predicted octanol–water partition coefficient (Wildman–Crippen LogP) is 3.90. The zero-order valence-electron chi connectivity index (χ0n) is 17.5. The van der Waals surface area contributed by atoms with Gasteiger partial charge >= 0.3 is 0 Å². The topological polar surface area (TPSA) is 60.0 Å². The van der Waals surface area contributed by atoms with E-state index in [0.717, 1.165) is 53.5 Å². The first kappa shape index (κ1) is 20.3. The van der Waals surface area contributed by atoms with E-state index in [9.17, 15) is 4.79 Å². The van der Waals surface area contributed by atoms with Crippen molar-refractivity contribution >= 4 is 23.4 Å². The van der Waals surface area contributed by atoms with Crippen LogP contribution >= 0.6 is 0 Å². The third-order valence-corrected chi connectivity index (χ3v) is 5.26. The van der Waals surface area contributed by atoms with Crippen molar-refractivity contribution in [3.8, 4) is 11.5 Å². The molecule has 0 bridgehead atoms. The van der Waals surface area contributed by atoms with Crippen LogP contribution in [0.2, 0.25) is 0 Å². The first-order valence-corrected chi connectivity index (χ1v) is 10.5. The molecule has 2 heterocycles. The second-order valence-corrected chi connectivity index (χ2v) is 7.50. The number of hydrogen-bond acceptors (Lipinski definition) is 5. The summed E-state index contributed by atoms with van der Waals surface area (Å²) in [5.74, 6) is 1.45. The largest absolute Gasteiger partial charge is 0.493 e. The maximum Gasteiger partial charge on any atom is 0.248 e. The molecule has 1 N–H and O–H groups in total. The van der Waals surface area contributed by atoms with Gasteiger partial charge in [-0.25, -0.2) is 0 Å². The molecule has 1 saturated heterocycles. The lowest BCUT2D eigenvalue weighted by Gasteiger charge is -2.30. The number of anilines is 2. The zero-order chi connectivity index (χ0) is 20.9. The van der Waals surface area contributed by atoms with E-state index in [1.807, 2.05) is 43.3 Å². The van der Waals surface area contributed by atoms with Crippen LogP contribution in [0.3, 0.4) is 0 Å². The highest BCUT2D eigenvalue weighted by Crippen LogP contribution is 2.35. The quantitative estimate of drug-likeness (QED) is 0.735. The smallest absolute Gasteiger partial charge is 0.248 e. The summed E-state index contributed by atoms with van der Waals surface area (Å²) in [6.45, 7) is 7.59. The second-order valence-electron chi connectivity index (χ2n) is 7.50. The number of para-hydroxylation sites is 2. The molecule has 1 atom stereocenters. The molecule has 0 aromatic heterocycles. The van der Waals surface area contributed by atoms with E-state index in [1.54, 1.807) is 12.2 Å². The lowest BCUT2D eigenvalue weighted by molar-refractivity contribution is -0.111. The molecular weight excluding hydrogens is 380 g/mol. The van der Waals surface area contributed by atoms with E-state index in [2.05, 4.69) is 17.1 Å². The maximum absolute atomic E-state index is 12.7. The predicted molar refractivity (Wildman–Crippen MR) is 119 cm³/mol. The van der Waals surface area contributed by atoms with Crippen LogP contribution in [0.4, 0.5) is 11.4 Å². The molecule has 30 heavy (non-hydrogen) atoms. The number of carbonyl (C=O) groups is 1. The van der Waals surface area contributed by atoms with Crippen molar-refractivity contribution in [3.05, 3.63) is 53.6 Å². The molecule has 2 aliphatic heterocycles. The fourth-order valence-electron chi connectivity index (χ4n) is 3.87. The van der Waals surface area contributed by atoms with Crippen LogP contribution in [0, 0.1) is 0 Å². The standard InChI is InChI=1S/C24H28N2O4/c1-3-29-22-16-19-14-17(2)30-23(19)15-18(22)8-9-24(27)25-20-6-4-5-7-21(20)26-10-12-28-13-11-26/h4-9,15-17H,3,10-14H2,1-2H3,(H,25,27). The van der Waals surface area contributed by atoms with Gasteiger partial charge in [-0.2, -0.15) is 0 Å². The highest BCUT2D eigenvalue weighted by atomic mass is 16.5. The van der Waals surface area contributed by atoms with Crippen LogP contribution in [0.25, 0.3) is 6.08 Å². The van der Waals surface area contributed by atoms with Crippen LogP contribution in [-0.2, 0) is 16.0 Å². The van der Waals surface area contributed by atoms with E-state index in [4.69, 9.17) is 14.2 Å². The van der Waals surface area contributed by atoms with E-state index in [-0.39, 0.29) is 12.0 Å². The molecule has 1 amide bonds. The van der Waals surface area contributed by atoms with Gasteiger partial charge in [0.25, 0.3) is 0 Å².